The van der Waals surface area contributed by atoms with Crippen molar-refractivity contribution in [1.82, 2.24) is 9.80 Å². The number of aliphatic hydroxyl groups is 2. The molecule has 0 radical (unpaired) electrons. The van der Waals surface area contributed by atoms with Crippen molar-refractivity contribution < 1.29 is 30.0 Å². The Morgan fingerprint density at radius 3 is 1.97 bits per heavy atom. The fourth-order valence-corrected chi connectivity index (χ4v) is 3.02. The first kappa shape index (κ1) is 23.3. The van der Waals surface area contributed by atoms with E-state index >= 15 is 0 Å². The van der Waals surface area contributed by atoms with Gasteiger partial charge < -0.3 is 30.2 Å². The minimum Gasteiger partial charge on any atom is -0.479 e. The van der Waals surface area contributed by atoms with E-state index in [0.717, 1.165) is 37.7 Å². The highest BCUT2D eigenvalue weighted by molar-refractivity contribution is 5.97. The third kappa shape index (κ3) is 6.82. The summed E-state index contributed by atoms with van der Waals surface area (Å²) in [6.45, 7) is 3.26. The number of guanidine groups is 1. The molecular weight excluding hydrogens is 392 g/mol. The maximum Gasteiger partial charge on any atom is 0.335 e. The molecule has 10 heteroatoms. The number of carboxylic acids is 2. The molecule has 2 heterocycles. The second-order valence-electron chi connectivity index (χ2n) is 7.06. The van der Waals surface area contributed by atoms with E-state index in [2.05, 4.69) is 16.8 Å². The van der Waals surface area contributed by atoms with Crippen molar-refractivity contribution in [2.45, 2.75) is 37.9 Å². The van der Waals surface area contributed by atoms with E-state index in [0.29, 0.717) is 0 Å². The number of para-hydroxylation sites is 1. The first-order chi connectivity index (χ1) is 14.3. The van der Waals surface area contributed by atoms with Crippen LogP contribution in [0, 0.1) is 0 Å². The fourth-order valence-electron chi connectivity index (χ4n) is 3.02. The number of likely N-dealkylation sites (tertiary alicyclic amines) is 2. The van der Waals surface area contributed by atoms with Crippen molar-refractivity contribution >= 4 is 29.4 Å². The van der Waals surface area contributed by atoms with Gasteiger partial charge in [0.15, 0.2) is 12.2 Å². The van der Waals surface area contributed by atoms with E-state index in [1.807, 2.05) is 30.3 Å². The second kappa shape index (κ2) is 11.3. The van der Waals surface area contributed by atoms with Gasteiger partial charge >= 0.3 is 11.9 Å². The van der Waals surface area contributed by atoms with Gasteiger partial charge in [0.1, 0.15) is 5.84 Å². The zero-order valence-electron chi connectivity index (χ0n) is 16.9. The Hall–Kier alpha value is -2.98. The third-order valence-corrected chi connectivity index (χ3v) is 4.74. The van der Waals surface area contributed by atoms with Gasteiger partial charge in [0.05, 0.1) is 5.69 Å². The molecule has 2 unspecified atom stereocenters. The van der Waals surface area contributed by atoms with E-state index in [-0.39, 0.29) is 0 Å². The van der Waals surface area contributed by atoms with E-state index < -0.39 is 24.1 Å². The van der Waals surface area contributed by atoms with E-state index in [9.17, 15) is 9.59 Å². The maximum absolute atomic E-state index is 9.77. The number of aliphatic hydroxyl groups excluding tert-OH is 2. The van der Waals surface area contributed by atoms with Crippen LogP contribution in [0.4, 0.5) is 5.69 Å². The van der Waals surface area contributed by atoms with Crippen LogP contribution in [0.15, 0.2) is 40.3 Å². The average molecular weight is 420 g/mol. The van der Waals surface area contributed by atoms with Crippen LogP contribution in [-0.4, -0.2) is 92.8 Å². The van der Waals surface area contributed by atoms with Gasteiger partial charge in [-0.3, -0.25) is 0 Å². The molecule has 30 heavy (non-hydrogen) atoms. The minimum absolute atomic E-state index is 0.887. The molecule has 1 aromatic rings. The van der Waals surface area contributed by atoms with Crippen LogP contribution in [0.2, 0.25) is 0 Å². The molecule has 10 nitrogen and oxygen atoms in total. The lowest BCUT2D eigenvalue weighted by atomic mass is 10.2. The van der Waals surface area contributed by atoms with Crippen molar-refractivity contribution in [2.24, 2.45) is 9.98 Å². The lowest BCUT2D eigenvalue weighted by molar-refractivity contribution is -0.165. The normalized spacial score (nSPS) is 20.0. The molecule has 2 fully saturated rings. The number of rotatable bonds is 4. The molecule has 0 aliphatic carbocycles. The van der Waals surface area contributed by atoms with E-state index in [4.69, 9.17) is 30.4 Å². The van der Waals surface area contributed by atoms with Gasteiger partial charge in [-0.2, -0.15) is 4.99 Å². The molecule has 4 N–H and O–H groups in total. The Kier molecular flexibility index (Phi) is 8.75. The average Bonchev–Trinajstić information content (AvgIpc) is 3.40. The highest BCUT2D eigenvalue weighted by Crippen LogP contribution is 2.17. The monoisotopic (exact) mass is 420 g/mol. The van der Waals surface area contributed by atoms with Gasteiger partial charge in [-0.1, -0.05) is 18.2 Å². The van der Waals surface area contributed by atoms with Crippen molar-refractivity contribution in [2.75, 3.05) is 26.7 Å². The molecule has 3 rings (SSSR count). The Morgan fingerprint density at radius 2 is 1.50 bits per heavy atom. The van der Waals surface area contributed by atoms with Gasteiger partial charge in [0, 0.05) is 33.1 Å². The number of hydrogen-bond donors (Lipinski definition) is 4. The molecule has 2 aliphatic rings. The predicted octanol–water partition coefficient (Wildman–Crippen LogP) is 0.771. The van der Waals surface area contributed by atoms with Crippen LogP contribution in [-0.2, 0) is 9.59 Å². The van der Waals surface area contributed by atoms with Crippen LogP contribution in [0.3, 0.4) is 0 Å². The van der Waals surface area contributed by atoms with Crippen LogP contribution < -0.4 is 0 Å². The van der Waals surface area contributed by atoms with Crippen LogP contribution in [0.5, 0.6) is 0 Å². The molecular formula is C20H28N4O6. The highest BCUT2D eigenvalue weighted by Gasteiger charge is 2.29. The Morgan fingerprint density at radius 1 is 0.933 bits per heavy atom. The van der Waals surface area contributed by atoms with Gasteiger partial charge in [-0.15, -0.1) is 0 Å². The Bertz CT molecular complexity index is 759. The number of aliphatic carboxylic acids is 2. The summed E-state index contributed by atoms with van der Waals surface area (Å²) in [4.78, 5) is 33.7. The van der Waals surface area contributed by atoms with Gasteiger partial charge in [-0.25, -0.2) is 14.6 Å². The number of aliphatic imine (C=N–C) groups is 2. The van der Waals surface area contributed by atoms with Crippen molar-refractivity contribution in [1.29, 1.82) is 0 Å². The molecule has 2 aliphatic heterocycles. The first-order valence-electron chi connectivity index (χ1n) is 9.78. The number of carbonyl (C=O) groups is 2. The number of hydrogen-bond acceptors (Lipinski definition) is 5. The molecule has 0 saturated carbocycles. The van der Waals surface area contributed by atoms with Gasteiger partial charge in [0.2, 0.25) is 5.96 Å². The molecule has 0 amide bonds. The van der Waals surface area contributed by atoms with E-state index in [1.165, 1.54) is 25.1 Å². The number of carboxylic acid groups (broad SMARTS) is 2. The van der Waals surface area contributed by atoms with E-state index in [1.54, 1.807) is 0 Å². The number of benzene rings is 1. The third-order valence-electron chi connectivity index (χ3n) is 4.74. The summed E-state index contributed by atoms with van der Waals surface area (Å²) in [6.07, 6.45) is 0.227. The SMILES string of the molecule is CN1CCC/C1=N\C(=Nc1ccccc1)N1CCCC1.O=C(O)C(O)C(O)C(=O)O. The maximum atomic E-state index is 9.77. The quantitative estimate of drug-likeness (QED) is 0.413. The molecule has 1 aromatic carbocycles. The number of amidine groups is 1. The topological polar surface area (TPSA) is 146 Å². The summed E-state index contributed by atoms with van der Waals surface area (Å²) in [5.74, 6) is -1.48. The molecule has 0 aromatic heterocycles. The second-order valence-corrected chi connectivity index (χ2v) is 7.06. The largest absolute Gasteiger partial charge is 0.479 e. The summed E-state index contributed by atoms with van der Waals surface area (Å²) < 4.78 is 0. The smallest absolute Gasteiger partial charge is 0.335 e. The highest BCUT2D eigenvalue weighted by atomic mass is 16.4. The summed E-state index contributed by atoms with van der Waals surface area (Å²) in [5, 5.41) is 32.5. The minimum atomic E-state index is -2.27. The molecule has 2 atom stereocenters. The van der Waals surface area contributed by atoms with Crippen molar-refractivity contribution in [3.05, 3.63) is 30.3 Å². The molecule has 0 spiro atoms. The summed E-state index contributed by atoms with van der Waals surface area (Å²) in [7, 11) is 2.12. The van der Waals surface area contributed by atoms with Crippen molar-refractivity contribution in [3.63, 3.8) is 0 Å². The number of nitrogens with zero attached hydrogens (tertiary/aromatic N) is 4. The Balaban J connectivity index is 0.000000274. The molecule has 164 valence electrons. The van der Waals surface area contributed by atoms with Crippen molar-refractivity contribution in [3.8, 4) is 0 Å². The molecule has 0 bridgehead atoms. The lowest BCUT2D eigenvalue weighted by Gasteiger charge is -2.19. The standard InChI is InChI=1S/C16H22N4.C4H6O6/c1-19-11-7-10-15(19)18-16(20-12-5-6-13-20)17-14-8-3-2-4-9-14;5-1(3(7)8)2(6)4(9)10/h2-4,8-9H,5-7,10-13H2,1H3;1-2,5-6H,(H,7,8)(H,9,10)/b17-16?,18-15+;. The van der Waals surface area contributed by atoms with Crippen LogP contribution in [0.25, 0.3) is 0 Å². The predicted molar refractivity (Wildman–Crippen MR) is 111 cm³/mol. The zero-order valence-corrected chi connectivity index (χ0v) is 16.9. The van der Waals surface area contributed by atoms with Crippen LogP contribution >= 0.6 is 0 Å². The Labute approximate surface area is 174 Å². The van der Waals surface area contributed by atoms with Crippen LogP contribution in [0.1, 0.15) is 25.7 Å². The lowest BCUT2D eigenvalue weighted by Crippen LogP contribution is -2.39. The fraction of sp³-hybridized carbons (Fsp3) is 0.500. The summed E-state index contributed by atoms with van der Waals surface area (Å²) in [6, 6.07) is 10.1. The van der Waals surface area contributed by atoms with Gasteiger partial charge in [-0.05, 0) is 31.4 Å². The first-order valence-corrected chi connectivity index (χ1v) is 9.78. The zero-order chi connectivity index (χ0) is 22.1. The summed E-state index contributed by atoms with van der Waals surface area (Å²) in [5.41, 5.74) is 0.986. The van der Waals surface area contributed by atoms with Gasteiger partial charge in [0.25, 0.3) is 0 Å². The summed E-state index contributed by atoms with van der Waals surface area (Å²) >= 11 is 0. The molecule has 2 saturated heterocycles.